The molecule has 3 heterocycles. The molecule has 2 aromatic carbocycles. The normalized spacial score (nSPS) is 17.7. The summed E-state index contributed by atoms with van der Waals surface area (Å²) < 4.78 is 18.9. The van der Waals surface area contributed by atoms with Crippen LogP contribution in [0.5, 0.6) is 0 Å². The van der Waals surface area contributed by atoms with Crippen molar-refractivity contribution in [3.63, 3.8) is 0 Å². The molecule has 12 heteroatoms. The van der Waals surface area contributed by atoms with Gasteiger partial charge in [0.25, 0.3) is 11.8 Å². The number of benzene rings is 2. The van der Waals surface area contributed by atoms with E-state index >= 15 is 0 Å². The van der Waals surface area contributed by atoms with Gasteiger partial charge in [-0.2, -0.15) is 0 Å². The van der Waals surface area contributed by atoms with Crippen LogP contribution in [0.2, 0.25) is 6.04 Å². The Bertz CT molecular complexity index is 1730. The number of H-pyrrole nitrogens is 1. The zero-order valence-corrected chi connectivity index (χ0v) is 28.1. The highest BCUT2D eigenvalue weighted by atomic mass is 28.3. The van der Waals surface area contributed by atoms with Crippen LogP contribution in [0.1, 0.15) is 89.0 Å². The molecule has 2 aliphatic rings. The molecule has 1 fully saturated rings. The Morgan fingerprint density at radius 1 is 1.09 bits per heavy atom. The number of rotatable bonds is 6. The minimum Gasteiger partial charge on any atom is -0.444 e. The summed E-state index contributed by atoms with van der Waals surface area (Å²) in [7, 11) is -1.82. The van der Waals surface area contributed by atoms with Crippen molar-refractivity contribution in [2.75, 3.05) is 18.0 Å². The van der Waals surface area contributed by atoms with Crippen molar-refractivity contribution >= 4 is 50.1 Å². The van der Waals surface area contributed by atoms with E-state index in [1.807, 2.05) is 41.5 Å². The minimum absolute atomic E-state index is 0.205. The number of hydrogen-bond acceptors (Lipinski definition) is 5. The van der Waals surface area contributed by atoms with E-state index in [0.717, 1.165) is 18.0 Å². The fourth-order valence-electron chi connectivity index (χ4n) is 5.84. The summed E-state index contributed by atoms with van der Waals surface area (Å²) in [5.74, 6) is -1.21. The molecular weight excluding hydrogens is 605 g/mol. The molecule has 0 spiro atoms. The quantitative estimate of drug-likeness (QED) is 0.211. The highest BCUT2D eigenvalue weighted by Crippen LogP contribution is 2.35. The summed E-state index contributed by atoms with van der Waals surface area (Å²) in [5, 5.41) is 5.77. The van der Waals surface area contributed by atoms with E-state index in [4.69, 9.17) is 4.74 Å². The third-order valence-corrected chi connectivity index (χ3v) is 10.8. The van der Waals surface area contributed by atoms with Crippen LogP contribution in [-0.4, -0.2) is 61.0 Å². The SMILES string of the molecule is Cc1[nH]c(/C=C2\C(=O)Nc3ccc(C(=O)N[C@H](C)c4ccc(F)cc4)cc32)c(C)c1C(=O)N[SiH]1CCCN(C(=O)OC(C)(C)C)C1. The summed E-state index contributed by atoms with van der Waals surface area (Å²) in [6.45, 7) is 11.6. The molecule has 1 saturated heterocycles. The molecule has 10 nitrogen and oxygen atoms in total. The Balaban J connectivity index is 1.32. The predicted molar refractivity (Wildman–Crippen MR) is 177 cm³/mol. The van der Waals surface area contributed by atoms with Gasteiger partial charge in [0.15, 0.2) is 8.96 Å². The lowest BCUT2D eigenvalue weighted by Crippen LogP contribution is -2.53. The second-order valence-electron chi connectivity index (χ2n) is 12.9. The van der Waals surface area contributed by atoms with E-state index in [9.17, 15) is 23.6 Å². The first-order chi connectivity index (χ1) is 21.7. The first kappa shape index (κ1) is 32.7. The van der Waals surface area contributed by atoms with Crippen molar-refractivity contribution in [2.24, 2.45) is 0 Å². The molecule has 0 saturated carbocycles. The van der Waals surface area contributed by atoms with Crippen LogP contribution in [0.25, 0.3) is 11.6 Å². The highest BCUT2D eigenvalue weighted by molar-refractivity contribution is 6.60. The molecule has 4 amide bonds. The van der Waals surface area contributed by atoms with E-state index in [1.165, 1.54) is 12.1 Å². The molecule has 3 aromatic rings. The lowest BCUT2D eigenvalue weighted by Gasteiger charge is -2.33. The topological polar surface area (TPSA) is 133 Å². The molecule has 1 unspecified atom stereocenters. The third-order valence-electron chi connectivity index (χ3n) is 8.18. The largest absolute Gasteiger partial charge is 0.444 e. The molecular formula is C34H40FN5O5Si. The molecule has 46 heavy (non-hydrogen) atoms. The van der Waals surface area contributed by atoms with Gasteiger partial charge in [-0.25, -0.2) is 9.18 Å². The van der Waals surface area contributed by atoms with Gasteiger partial charge in [0, 0.05) is 40.9 Å². The van der Waals surface area contributed by atoms with Crippen LogP contribution >= 0.6 is 0 Å². The maximum absolute atomic E-state index is 13.5. The number of anilines is 1. The zero-order valence-electron chi connectivity index (χ0n) is 27.0. The molecule has 0 radical (unpaired) electrons. The first-order valence-corrected chi connectivity index (χ1v) is 17.6. The van der Waals surface area contributed by atoms with Gasteiger partial charge in [-0.05, 0) is 102 Å². The van der Waals surface area contributed by atoms with Crippen LogP contribution < -0.4 is 15.6 Å². The van der Waals surface area contributed by atoms with Gasteiger partial charge in [0.05, 0.1) is 17.2 Å². The number of aromatic amines is 1. The molecule has 2 atom stereocenters. The maximum atomic E-state index is 13.5. The van der Waals surface area contributed by atoms with E-state index < -0.39 is 14.6 Å². The lowest BCUT2D eigenvalue weighted by atomic mass is 10.0. The standard InChI is InChI=1S/C34H40FN5O5Si/c1-19-28(36-21(3)29(19)32(43)39-46-15-7-14-40(18-46)33(44)45-34(4,5)6)17-26-25-16-23(10-13-27(25)38-31(26)42)30(41)37-20(2)22-8-11-24(35)12-9-22/h8-13,16-17,20,36,46H,7,14-15,18H2,1-6H3,(H,37,41)(H,38,42)(H,39,43)/b26-17-/t20-,46?/m1/s1. The molecule has 0 aliphatic carbocycles. The number of nitrogens with one attached hydrogen (secondary N) is 4. The van der Waals surface area contributed by atoms with Crippen LogP contribution in [0.4, 0.5) is 14.9 Å². The van der Waals surface area contributed by atoms with Crippen LogP contribution in [0.15, 0.2) is 42.5 Å². The molecule has 0 bridgehead atoms. The number of nitrogens with zero attached hydrogens (tertiary/aromatic N) is 1. The number of aryl methyl sites for hydroxylation is 1. The second kappa shape index (κ2) is 13.0. The number of ether oxygens (including phenoxy) is 1. The number of fused-ring (bicyclic) bond motifs is 1. The van der Waals surface area contributed by atoms with E-state index in [2.05, 4.69) is 20.6 Å². The fourth-order valence-corrected chi connectivity index (χ4v) is 8.31. The van der Waals surface area contributed by atoms with Gasteiger partial charge in [-0.15, -0.1) is 0 Å². The van der Waals surface area contributed by atoms with Gasteiger partial charge in [0.2, 0.25) is 5.91 Å². The van der Waals surface area contributed by atoms with Crippen molar-refractivity contribution in [3.8, 4) is 0 Å². The van der Waals surface area contributed by atoms with Crippen molar-refractivity contribution < 1.29 is 28.3 Å². The van der Waals surface area contributed by atoms with Crippen LogP contribution in [-0.2, 0) is 9.53 Å². The summed E-state index contributed by atoms with van der Waals surface area (Å²) in [5.41, 5.74) is 4.53. The molecule has 1 aromatic heterocycles. The molecule has 242 valence electrons. The van der Waals surface area contributed by atoms with Crippen molar-refractivity contribution in [1.29, 1.82) is 0 Å². The average molecular weight is 646 g/mol. The Kier molecular flexibility index (Phi) is 9.20. The number of amides is 4. The van der Waals surface area contributed by atoms with Crippen LogP contribution in [0, 0.1) is 19.7 Å². The lowest BCUT2D eigenvalue weighted by molar-refractivity contribution is -0.110. The smallest absolute Gasteiger partial charge is 0.410 e. The summed E-state index contributed by atoms with van der Waals surface area (Å²) >= 11 is 0. The van der Waals surface area contributed by atoms with Gasteiger partial charge < -0.3 is 30.2 Å². The number of hydrogen-bond donors (Lipinski definition) is 4. The van der Waals surface area contributed by atoms with Crippen molar-refractivity contribution in [3.05, 3.63) is 87.5 Å². The third kappa shape index (κ3) is 7.22. The summed E-state index contributed by atoms with van der Waals surface area (Å²) in [6, 6.07) is 11.4. The summed E-state index contributed by atoms with van der Waals surface area (Å²) in [4.78, 5) is 60.4. The average Bonchev–Trinajstić information content (AvgIpc) is 3.45. The fraction of sp³-hybridized carbons (Fsp3) is 0.353. The van der Waals surface area contributed by atoms with E-state index in [-0.39, 0.29) is 35.7 Å². The van der Waals surface area contributed by atoms with Crippen LogP contribution in [0.3, 0.4) is 0 Å². The molecule has 2 aliphatic heterocycles. The predicted octanol–water partition coefficient (Wildman–Crippen LogP) is 5.39. The first-order valence-electron chi connectivity index (χ1n) is 15.4. The zero-order chi connectivity index (χ0) is 33.3. The number of carbonyl (C=O) groups is 4. The van der Waals surface area contributed by atoms with E-state index in [0.29, 0.717) is 57.6 Å². The second-order valence-corrected chi connectivity index (χ2v) is 15.5. The number of aromatic nitrogens is 1. The van der Waals surface area contributed by atoms with Gasteiger partial charge in [0.1, 0.15) is 11.4 Å². The van der Waals surface area contributed by atoms with E-state index in [1.54, 1.807) is 41.3 Å². The van der Waals surface area contributed by atoms with Gasteiger partial charge in [-0.1, -0.05) is 12.1 Å². The van der Waals surface area contributed by atoms with Gasteiger partial charge >= 0.3 is 6.09 Å². The Morgan fingerprint density at radius 2 is 1.80 bits per heavy atom. The number of halogens is 1. The van der Waals surface area contributed by atoms with Gasteiger partial charge in [-0.3, -0.25) is 14.4 Å². The molecule has 5 rings (SSSR count). The van der Waals surface area contributed by atoms with Crippen molar-refractivity contribution in [1.82, 2.24) is 20.2 Å². The summed E-state index contributed by atoms with van der Waals surface area (Å²) in [6.07, 6.45) is 2.64. The Hall–Kier alpha value is -4.71. The minimum atomic E-state index is -1.82. The number of carbonyl (C=O) groups excluding carboxylic acids is 4. The highest BCUT2D eigenvalue weighted by Gasteiger charge is 2.31. The molecule has 4 N–H and O–H groups in total. The maximum Gasteiger partial charge on any atom is 0.410 e. The Morgan fingerprint density at radius 3 is 2.50 bits per heavy atom. The monoisotopic (exact) mass is 645 g/mol. The Labute approximate surface area is 269 Å². The van der Waals surface area contributed by atoms with Crippen molar-refractivity contribution in [2.45, 2.75) is 65.7 Å².